The predicted molar refractivity (Wildman–Crippen MR) is 193 cm³/mol. The molecule has 5 aromatic carbocycles. The van der Waals surface area contributed by atoms with Crippen molar-refractivity contribution < 1.29 is 23.0 Å². The summed E-state index contributed by atoms with van der Waals surface area (Å²) in [5.74, 6) is 0.0722. The number of rotatable bonds is 12. The highest BCUT2D eigenvalue weighted by Gasteiger charge is 2.39. The minimum atomic E-state index is -3.61. The summed E-state index contributed by atoms with van der Waals surface area (Å²) in [6.45, 7) is 5.30. The third-order valence-electron chi connectivity index (χ3n) is 9.50. The van der Waals surface area contributed by atoms with Crippen molar-refractivity contribution in [3.63, 3.8) is 0 Å². The summed E-state index contributed by atoms with van der Waals surface area (Å²) < 4.78 is 41.6. The molecule has 5 aromatic rings. The lowest BCUT2D eigenvalue weighted by molar-refractivity contribution is -0.276. The van der Waals surface area contributed by atoms with Gasteiger partial charge in [-0.25, -0.2) is 13.1 Å². The van der Waals surface area contributed by atoms with Crippen molar-refractivity contribution in [2.45, 2.75) is 56.4 Å². The average molecular weight is 677 g/mol. The molecule has 0 amide bonds. The van der Waals surface area contributed by atoms with E-state index in [-0.39, 0.29) is 42.2 Å². The van der Waals surface area contributed by atoms with Crippen molar-refractivity contribution in [1.82, 2.24) is 9.62 Å². The van der Waals surface area contributed by atoms with Gasteiger partial charge in [-0.05, 0) is 65.6 Å². The van der Waals surface area contributed by atoms with Gasteiger partial charge in [0, 0.05) is 30.6 Å². The molecule has 6 rings (SSSR count). The van der Waals surface area contributed by atoms with Gasteiger partial charge in [0.2, 0.25) is 10.0 Å². The number of aliphatic hydroxyl groups is 1. The van der Waals surface area contributed by atoms with E-state index in [1.165, 1.54) is 5.56 Å². The molecule has 1 heterocycles. The van der Waals surface area contributed by atoms with Crippen LogP contribution in [0.3, 0.4) is 0 Å². The van der Waals surface area contributed by atoms with Gasteiger partial charge >= 0.3 is 0 Å². The molecule has 5 atom stereocenters. The van der Waals surface area contributed by atoms with Crippen LogP contribution in [-0.4, -0.2) is 38.1 Å². The summed E-state index contributed by atoms with van der Waals surface area (Å²) in [7, 11) is -1.47. The van der Waals surface area contributed by atoms with E-state index in [1.54, 1.807) is 30.3 Å². The van der Waals surface area contributed by atoms with Crippen LogP contribution in [0.4, 0.5) is 0 Å². The number of likely N-dealkylation sites (N-methyl/N-ethyl adjacent to an activating group) is 1. The number of nitrogens with one attached hydrogen (secondary N) is 1. The maximum Gasteiger partial charge on any atom is 0.240 e. The number of ether oxygens (including phenoxy) is 2. The van der Waals surface area contributed by atoms with Crippen LogP contribution in [0.5, 0.6) is 0 Å². The molecule has 0 spiro atoms. The summed E-state index contributed by atoms with van der Waals surface area (Å²) in [4.78, 5) is 2.58. The van der Waals surface area contributed by atoms with Crippen molar-refractivity contribution in [2.75, 3.05) is 13.6 Å². The first-order chi connectivity index (χ1) is 23.7. The lowest BCUT2D eigenvalue weighted by Gasteiger charge is -2.43. The van der Waals surface area contributed by atoms with Crippen molar-refractivity contribution in [3.8, 4) is 11.1 Å². The molecule has 1 fully saturated rings. The van der Waals surface area contributed by atoms with Gasteiger partial charge in [-0.2, -0.15) is 0 Å². The maximum atomic E-state index is 12.7. The highest BCUT2D eigenvalue weighted by Crippen LogP contribution is 2.42. The molecule has 0 saturated carbocycles. The monoisotopic (exact) mass is 676 g/mol. The first-order valence-corrected chi connectivity index (χ1v) is 18.2. The summed E-state index contributed by atoms with van der Waals surface area (Å²) >= 11 is 0. The minimum absolute atomic E-state index is 0.00353. The highest BCUT2D eigenvalue weighted by molar-refractivity contribution is 7.89. The second-order valence-corrected chi connectivity index (χ2v) is 14.6. The largest absolute Gasteiger partial charge is 0.392 e. The SMILES string of the molecule is C[C@H]1[C@@H](CN(C)[C@@H](C)c2ccccc2)O[C@@H](c2ccc(-c3cccc(CNS(=O)(=O)c4ccccc4)c3)cc2)O[C@H]1c1ccc(CO)cc1. The summed E-state index contributed by atoms with van der Waals surface area (Å²) in [5, 5.41) is 9.61. The minimum Gasteiger partial charge on any atom is -0.392 e. The Labute approximate surface area is 290 Å². The number of hydrogen-bond donors (Lipinski definition) is 2. The molecule has 1 aliphatic heterocycles. The van der Waals surface area contributed by atoms with Crippen LogP contribution in [0, 0.1) is 5.92 Å². The molecule has 0 aliphatic carbocycles. The molecule has 1 saturated heterocycles. The van der Waals surface area contributed by atoms with E-state index in [1.807, 2.05) is 66.7 Å². The Morgan fingerprint density at radius 2 is 1.41 bits per heavy atom. The Bertz CT molecular complexity index is 1900. The summed E-state index contributed by atoms with van der Waals surface area (Å²) in [6, 6.07) is 43.1. The highest BCUT2D eigenvalue weighted by atomic mass is 32.2. The smallest absolute Gasteiger partial charge is 0.240 e. The summed E-state index contributed by atoms with van der Waals surface area (Å²) in [6.07, 6.45) is -0.877. The molecule has 8 heteroatoms. The molecule has 2 N–H and O–H groups in total. The Morgan fingerprint density at radius 3 is 2.08 bits per heavy atom. The van der Waals surface area contributed by atoms with Gasteiger partial charge in [-0.15, -0.1) is 0 Å². The van der Waals surface area contributed by atoms with Gasteiger partial charge in [-0.3, -0.25) is 4.90 Å². The average Bonchev–Trinajstić information content (AvgIpc) is 3.15. The van der Waals surface area contributed by atoms with Gasteiger partial charge < -0.3 is 14.6 Å². The molecule has 0 unspecified atom stereocenters. The molecular weight excluding hydrogens is 633 g/mol. The second kappa shape index (κ2) is 15.6. The summed E-state index contributed by atoms with van der Waals surface area (Å²) in [5.41, 5.74) is 6.94. The first-order valence-electron chi connectivity index (χ1n) is 16.7. The fourth-order valence-corrected chi connectivity index (χ4v) is 7.35. The van der Waals surface area contributed by atoms with Crippen LogP contribution in [0.15, 0.2) is 138 Å². The Kier molecular flexibility index (Phi) is 11.0. The van der Waals surface area contributed by atoms with E-state index in [4.69, 9.17) is 9.47 Å². The van der Waals surface area contributed by atoms with E-state index in [0.717, 1.165) is 39.9 Å². The molecule has 0 radical (unpaired) electrons. The van der Waals surface area contributed by atoms with Crippen molar-refractivity contribution in [3.05, 3.63) is 161 Å². The molecule has 7 nitrogen and oxygen atoms in total. The van der Waals surface area contributed by atoms with Crippen LogP contribution >= 0.6 is 0 Å². The standard InChI is InChI=1S/C41H44N2O5S/c1-29-39(27-43(3)30(2)33-12-6-4-7-13-33)47-41(48-40(29)35-19-17-31(28-44)18-20-35)36-23-21-34(22-24-36)37-14-10-11-32(25-37)26-42-49(45,46)38-15-8-5-9-16-38/h4-25,29-30,39-42,44H,26-28H2,1-3H3/t29-,30-,39+,40+,41+/m0/s1. The zero-order valence-electron chi connectivity index (χ0n) is 28.1. The number of aliphatic hydroxyl groups excluding tert-OH is 1. The zero-order valence-corrected chi connectivity index (χ0v) is 29.0. The zero-order chi connectivity index (χ0) is 34.4. The lowest BCUT2D eigenvalue weighted by Crippen LogP contribution is -2.44. The van der Waals surface area contributed by atoms with Gasteiger partial charge in [0.05, 0.1) is 23.7 Å². The van der Waals surface area contributed by atoms with Crippen molar-refractivity contribution in [1.29, 1.82) is 0 Å². The van der Waals surface area contributed by atoms with E-state index >= 15 is 0 Å². The molecule has 49 heavy (non-hydrogen) atoms. The fourth-order valence-electron chi connectivity index (χ4n) is 6.31. The number of sulfonamides is 1. The third kappa shape index (κ3) is 8.36. The molecule has 0 aromatic heterocycles. The van der Waals surface area contributed by atoms with E-state index < -0.39 is 16.3 Å². The van der Waals surface area contributed by atoms with Crippen LogP contribution < -0.4 is 4.72 Å². The third-order valence-corrected chi connectivity index (χ3v) is 10.9. The van der Waals surface area contributed by atoms with Crippen LogP contribution in [-0.2, 0) is 32.6 Å². The van der Waals surface area contributed by atoms with Gasteiger partial charge in [0.25, 0.3) is 0 Å². The Hall–Kier alpha value is -4.15. The maximum absolute atomic E-state index is 12.7. The second-order valence-electron chi connectivity index (χ2n) is 12.8. The molecular formula is C41H44N2O5S. The fraction of sp³-hybridized carbons (Fsp3) is 0.268. The van der Waals surface area contributed by atoms with Crippen LogP contribution in [0.2, 0.25) is 0 Å². The van der Waals surface area contributed by atoms with Crippen LogP contribution in [0.25, 0.3) is 11.1 Å². The predicted octanol–water partition coefficient (Wildman–Crippen LogP) is 7.81. The van der Waals surface area contributed by atoms with Crippen molar-refractivity contribution >= 4 is 10.0 Å². The number of nitrogens with zero attached hydrogens (tertiary/aromatic N) is 1. The molecule has 254 valence electrons. The lowest BCUT2D eigenvalue weighted by atomic mass is 9.89. The quantitative estimate of drug-likeness (QED) is 0.140. The first kappa shape index (κ1) is 34.7. The number of benzene rings is 5. The van der Waals surface area contributed by atoms with Crippen LogP contribution in [0.1, 0.15) is 60.1 Å². The van der Waals surface area contributed by atoms with Gasteiger partial charge in [0.1, 0.15) is 0 Å². The van der Waals surface area contributed by atoms with E-state index in [9.17, 15) is 13.5 Å². The van der Waals surface area contributed by atoms with Crippen molar-refractivity contribution in [2.24, 2.45) is 5.92 Å². The number of hydrogen-bond acceptors (Lipinski definition) is 6. The van der Waals surface area contributed by atoms with E-state index in [0.29, 0.717) is 0 Å². The molecule has 0 bridgehead atoms. The van der Waals surface area contributed by atoms with Gasteiger partial charge in [0.15, 0.2) is 6.29 Å². The Balaban J connectivity index is 1.20. The molecule has 1 aliphatic rings. The Morgan fingerprint density at radius 1 is 0.755 bits per heavy atom. The normalized spacial score (nSPS) is 20.3. The van der Waals surface area contributed by atoms with Gasteiger partial charge in [-0.1, -0.05) is 122 Å². The topological polar surface area (TPSA) is 88.1 Å². The van der Waals surface area contributed by atoms with E-state index in [2.05, 4.69) is 66.9 Å².